The number of hydrogen-bond donors (Lipinski definition) is 2. The van der Waals surface area contributed by atoms with Crippen molar-refractivity contribution >= 4 is 6.03 Å². The number of nitrogens with zero attached hydrogens (tertiary/aromatic N) is 1. The lowest BCUT2D eigenvalue weighted by Gasteiger charge is -2.32. The first-order valence-corrected chi connectivity index (χ1v) is 11.1. The summed E-state index contributed by atoms with van der Waals surface area (Å²) in [5.41, 5.74) is -2.89. The average Bonchev–Trinajstić information content (AvgIpc) is 3.43. The highest BCUT2D eigenvalue weighted by molar-refractivity contribution is 5.76. The molecule has 0 radical (unpaired) electrons. The third-order valence-electron chi connectivity index (χ3n) is 6.58. The Kier molecular flexibility index (Phi) is 6.76. The van der Waals surface area contributed by atoms with Crippen molar-refractivity contribution in [2.24, 2.45) is 0 Å². The fourth-order valence-corrected chi connectivity index (χ4v) is 4.66. The lowest BCUT2D eigenvalue weighted by molar-refractivity contribution is -0.143. The first-order valence-electron chi connectivity index (χ1n) is 11.1. The van der Waals surface area contributed by atoms with Crippen molar-refractivity contribution in [1.82, 2.24) is 15.5 Å². The molecule has 0 bridgehead atoms. The third kappa shape index (κ3) is 5.40. The Balaban J connectivity index is 1.59. The second-order valence-corrected chi connectivity index (χ2v) is 8.90. The SMILES string of the molecule is C[C@@H](OC[C@@]1(c2ccccc2)C[C@H](N2CCNC2=O)CN1)c1cc(C(F)(F)F)cc(C(F)(F)F)c1. The molecule has 2 aromatic carbocycles. The molecule has 0 aromatic heterocycles. The van der Waals surface area contributed by atoms with Crippen LogP contribution in [0, 0.1) is 0 Å². The first kappa shape index (κ1) is 25.3. The number of rotatable bonds is 6. The summed E-state index contributed by atoms with van der Waals surface area (Å²) in [6.45, 7) is 2.98. The van der Waals surface area contributed by atoms with Crippen LogP contribution in [0.25, 0.3) is 0 Å². The van der Waals surface area contributed by atoms with Crippen LogP contribution in [0.1, 0.15) is 41.7 Å². The zero-order chi connectivity index (χ0) is 25.4. The van der Waals surface area contributed by atoms with Gasteiger partial charge >= 0.3 is 18.4 Å². The van der Waals surface area contributed by atoms with Gasteiger partial charge in [0.15, 0.2) is 0 Å². The van der Waals surface area contributed by atoms with E-state index < -0.39 is 35.1 Å². The summed E-state index contributed by atoms with van der Waals surface area (Å²) in [6, 6.07) is 10.4. The van der Waals surface area contributed by atoms with Crippen LogP contribution in [0.5, 0.6) is 0 Å². The van der Waals surface area contributed by atoms with Crippen LogP contribution in [0.3, 0.4) is 0 Å². The Morgan fingerprint density at radius 2 is 1.69 bits per heavy atom. The molecule has 0 saturated carbocycles. The van der Waals surface area contributed by atoms with Crippen molar-refractivity contribution in [1.29, 1.82) is 0 Å². The molecule has 2 N–H and O–H groups in total. The summed E-state index contributed by atoms with van der Waals surface area (Å²) in [4.78, 5) is 13.9. The lowest BCUT2D eigenvalue weighted by atomic mass is 9.87. The van der Waals surface area contributed by atoms with E-state index in [9.17, 15) is 31.1 Å². The van der Waals surface area contributed by atoms with Crippen molar-refractivity contribution in [2.45, 2.75) is 43.4 Å². The van der Waals surface area contributed by atoms with Crippen molar-refractivity contribution in [3.05, 3.63) is 70.8 Å². The van der Waals surface area contributed by atoms with Gasteiger partial charge in [-0.1, -0.05) is 30.3 Å². The highest BCUT2D eigenvalue weighted by Gasteiger charge is 2.45. The zero-order valence-electron chi connectivity index (χ0n) is 18.8. The summed E-state index contributed by atoms with van der Waals surface area (Å²) in [7, 11) is 0. The molecule has 2 heterocycles. The zero-order valence-corrected chi connectivity index (χ0v) is 18.8. The monoisotopic (exact) mass is 501 g/mol. The molecular formula is C24H25F6N3O2. The van der Waals surface area contributed by atoms with E-state index in [1.165, 1.54) is 6.92 Å². The summed E-state index contributed by atoms with van der Waals surface area (Å²) in [5, 5.41) is 6.17. The second-order valence-electron chi connectivity index (χ2n) is 8.90. The number of hydrogen-bond acceptors (Lipinski definition) is 3. The first-order chi connectivity index (χ1) is 16.4. The summed E-state index contributed by atoms with van der Waals surface area (Å²) < 4.78 is 85.6. The lowest BCUT2D eigenvalue weighted by Crippen LogP contribution is -2.41. The normalized spacial score (nSPS) is 24.0. The molecule has 0 aliphatic carbocycles. The highest BCUT2D eigenvalue weighted by Crippen LogP contribution is 2.39. The van der Waals surface area contributed by atoms with Gasteiger partial charge in [0, 0.05) is 25.7 Å². The Bertz CT molecular complexity index is 1030. The Labute approximate surface area is 198 Å². The van der Waals surface area contributed by atoms with Crippen molar-refractivity contribution in [3.8, 4) is 0 Å². The highest BCUT2D eigenvalue weighted by atomic mass is 19.4. The van der Waals surface area contributed by atoms with Crippen LogP contribution in [-0.2, 0) is 22.6 Å². The van der Waals surface area contributed by atoms with E-state index in [4.69, 9.17) is 4.74 Å². The van der Waals surface area contributed by atoms with Gasteiger partial charge < -0.3 is 20.3 Å². The summed E-state index contributed by atoms with van der Waals surface area (Å²) >= 11 is 0. The fraction of sp³-hybridized carbons (Fsp3) is 0.458. The number of ether oxygens (including phenoxy) is 1. The minimum Gasteiger partial charge on any atom is -0.372 e. The Morgan fingerprint density at radius 1 is 1.06 bits per heavy atom. The molecule has 35 heavy (non-hydrogen) atoms. The van der Waals surface area contributed by atoms with E-state index in [1.807, 2.05) is 30.3 Å². The Morgan fingerprint density at radius 3 is 2.23 bits per heavy atom. The molecule has 0 unspecified atom stereocenters. The quantitative estimate of drug-likeness (QED) is 0.543. The second kappa shape index (κ2) is 9.34. The van der Waals surface area contributed by atoms with Crippen LogP contribution in [-0.4, -0.2) is 43.2 Å². The maximum atomic E-state index is 13.3. The van der Waals surface area contributed by atoms with Gasteiger partial charge in [-0.15, -0.1) is 0 Å². The standard InChI is InChI=1S/C24H25F6N3O2/c1-15(16-9-18(23(25,26)27)11-19(10-16)24(28,29)30)35-14-22(17-5-3-2-4-6-17)12-20(13-32-22)33-8-7-31-21(33)34/h2-6,9-11,15,20,32H,7-8,12-14H2,1H3,(H,31,34)/t15-,20+,22-/m1/s1. The molecule has 11 heteroatoms. The van der Waals surface area contributed by atoms with Gasteiger partial charge in [-0.05, 0) is 42.7 Å². The molecule has 190 valence electrons. The molecule has 2 fully saturated rings. The topological polar surface area (TPSA) is 53.6 Å². The molecule has 2 aromatic rings. The van der Waals surface area contributed by atoms with E-state index >= 15 is 0 Å². The van der Waals surface area contributed by atoms with Crippen molar-refractivity contribution in [3.63, 3.8) is 0 Å². The number of alkyl halides is 6. The van der Waals surface area contributed by atoms with Gasteiger partial charge in [0.05, 0.1) is 29.4 Å². The molecule has 2 aliphatic heterocycles. The predicted molar refractivity (Wildman–Crippen MR) is 115 cm³/mol. The number of urea groups is 1. The number of carbonyl (C=O) groups is 1. The molecule has 3 atom stereocenters. The molecule has 4 rings (SSSR count). The van der Waals surface area contributed by atoms with Crippen molar-refractivity contribution in [2.75, 3.05) is 26.2 Å². The number of halogens is 6. The van der Waals surface area contributed by atoms with Crippen molar-refractivity contribution < 1.29 is 35.9 Å². The van der Waals surface area contributed by atoms with Crippen LogP contribution in [0.15, 0.2) is 48.5 Å². The number of amides is 2. The smallest absolute Gasteiger partial charge is 0.372 e. The largest absolute Gasteiger partial charge is 0.416 e. The maximum Gasteiger partial charge on any atom is 0.416 e. The van der Waals surface area contributed by atoms with Gasteiger partial charge in [0.1, 0.15) is 0 Å². The van der Waals surface area contributed by atoms with Crippen LogP contribution < -0.4 is 10.6 Å². The van der Waals surface area contributed by atoms with Crippen LogP contribution in [0.4, 0.5) is 31.1 Å². The fourth-order valence-electron chi connectivity index (χ4n) is 4.66. The molecule has 5 nitrogen and oxygen atoms in total. The van der Waals surface area contributed by atoms with E-state index in [2.05, 4.69) is 10.6 Å². The van der Waals surface area contributed by atoms with Gasteiger partial charge in [0.2, 0.25) is 0 Å². The molecule has 2 aliphatic rings. The summed E-state index contributed by atoms with van der Waals surface area (Å²) in [5.74, 6) is 0. The number of carbonyl (C=O) groups excluding carboxylic acids is 1. The number of benzene rings is 2. The van der Waals surface area contributed by atoms with Gasteiger partial charge in [-0.2, -0.15) is 26.3 Å². The molecular weight excluding hydrogens is 476 g/mol. The minimum atomic E-state index is -4.93. The molecule has 2 saturated heterocycles. The Hall–Kier alpha value is -2.79. The van der Waals surface area contributed by atoms with Crippen LogP contribution in [0.2, 0.25) is 0 Å². The predicted octanol–water partition coefficient (Wildman–Crippen LogP) is 5.08. The van der Waals surface area contributed by atoms with Gasteiger partial charge in [-0.3, -0.25) is 0 Å². The van der Waals surface area contributed by atoms with E-state index in [0.29, 0.717) is 38.2 Å². The van der Waals surface area contributed by atoms with Gasteiger partial charge in [-0.25, -0.2) is 4.79 Å². The van der Waals surface area contributed by atoms with E-state index in [0.717, 1.165) is 5.56 Å². The minimum absolute atomic E-state index is 0.0122. The molecule has 2 amide bonds. The summed E-state index contributed by atoms with van der Waals surface area (Å²) in [6.07, 6.45) is -10.4. The molecule has 0 spiro atoms. The third-order valence-corrected chi connectivity index (χ3v) is 6.58. The average molecular weight is 501 g/mol. The number of nitrogens with one attached hydrogen (secondary N) is 2. The van der Waals surface area contributed by atoms with Crippen LogP contribution >= 0.6 is 0 Å². The van der Waals surface area contributed by atoms with E-state index in [-0.39, 0.29) is 30.3 Å². The van der Waals surface area contributed by atoms with Gasteiger partial charge in [0.25, 0.3) is 0 Å². The maximum absolute atomic E-state index is 13.3. The van der Waals surface area contributed by atoms with E-state index in [1.54, 1.807) is 4.90 Å².